The summed E-state index contributed by atoms with van der Waals surface area (Å²) < 4.78 is 71.0. The molecule has 0 unspecified atom stereocenters. The zero-order valence-corrected chi connectivity index (χ0v) is 7.74. The molecule has 0 fully saturated rings. The Bertz CT molecular complexity index is 221. The van der Waals surface area contributed by atoms with Gasteiger partial charge >= 0.3 is 18.3 Å². The van der Waals surface area contributed by atoms with Gasteiger partial charge in [0.1, 0.15) is 6.54 Å². The lowest BCUT2D eigenvalue weighted by atomic mass is 10.3. The van der Waals surface area contributed by atoms with E-state index in [0.717, 1.165) is 0 Å². The Hall–Kier alpha value is -0.950. The number of hydrogen-bond donors (Lipinski definition) is 0. The first-order chi connectivity index (χ1) is 6.58. The highest BCUT2D eigenvalue weighted by Crippen LogP contribution is 2.23. The maximum absolute atomic E-state index is 11.8. The van der Waals surface area contributed by atoms with Crippen molar-refractivity contribution in [1.29, 1.82) is 0 Å². The molecule has 1 amide bonds. The normalized spacial score (nSPS) is 12.7. The van der Waals surface area contributed by atoms with Gasteiger partial charge < -0.3 is 4.90 Å². The molecule has 0 aliphatic heterocycles. The topological polar surface area (TPSA) is 20.3 Å². The second-order valence-electron chi connectivity index (χ2n) is 2.84. The van der Waals surface area contributed by atoms with Crippen LogP contribution in [0.2, 0.25) is 0 Å². The highest BCUT2D eigenvalue weighted by atomic mass is 19.4. The Kier molecular flexibility index (Phi) is 4.42. The molecule has 0 rings (SSSR count). The van der Waals surface area contributed by atoms with E-state index in [1.165, 1.54) is 6.92 Å². The van der Waals surface area contributed by atoms with E-state index in [9.17, 15) is 31.1 Å². The summed E-state index contributed by atoms with van der Waals surface area (Å²) in [6.07, 6.45) is -10.1. The number of rotatable bonds is 3. The molecule has 0 atom stereocenters. The summed E-state index contributed by atoms with van der Waals surface area (Å²) in [6, 6.07) is 0. The van der Waals surface area contributed by atoms with Crippen molar-refractivity contribution < 1.29 is 31.1 Å². The summed E-state index contributed by atoms with van der Waals surface area (Å²) in [4.78, 5) is 10.3. The van der Waals surface area contributed by atoms with E-state index in [1.807, 2.05) is 0 Å². The number of carbonyl (C=O) groups excluding carboxylic acids is 1. The fourth-order valence-corrected chi connectivity index (χ4v) is 0.918. The Morgan fingerprint density at radius 2 is 1.60 bits per heavy atom. The summed E-state index contributed by atoms with van der Waals surface area (Å²) in [6.45, 7) is -1.07. The Morgan fingerprint density at radius 3 is 1.87 bits per heavy atom. The molecule has 0 aliphatic carbocycles. The van der Waals surface area contributed by atoms with E-state index in [-0.39, 0.29) is 11.3 Å². The lowest BCUT2D eigenvalue weighted by Crippen LogP contribution is -2.46. The number of hydrogen-bond acceptors (Lipinski definition) is 1. The minimum Gasteiger partial charge on any atom is -0.326 e. The predicted octanol–water partition coefficient (Wildman–Crippen LogP) is 2.35. The van der Waals surface area contributed by atoms with Gasteiger partial charge in [-0.2, -0.15) is 26.3 Å². The van der Waals surface area contributed by atoms with Crippen molar-refractivity contribution >= 4 is 5.91 Å². The molecule has 0 aliphatic rings. The minimum atomic E-state index is -5.26. The molecule has 2 nitrogen and oxygen atoms in total. The summed E-state index contributed by atoms with van der Waals surface area (Å²) in [5.41, 5.74) is 0. The predicted molar refractivity (Wildman–Crippen MR) is 39.0 cm³/mol. The fraction of sp³-hybridized carbons (Fsp3) is 0.857. The quantitative estimate of drug-likeness (QED) is 0.690. The van der Waals surface area contributed by atoms with Crippen molar-refractivity contribution in [1.82, 2.24) is 4.90 Å². The van der Waals surface area contributed by atoms with Crippen molar-refractivity contribution in [3.05, 3.63) is 0 Å². The van der Waals surface area contributed by atoms with E-state index in [2.05, 4.69) is 0 Å². The van der Waals surface area contributed by atoms with Crippen LogP contribution in [-0.4, -0.2) is 36.2 Å². The second-order valence-corrected chi connectivity index (χ2v) is 2.84. The van der Waals surface area contributed by atoms with Gasteiger partial charge in [0, 0.05) is 6.54 Å². The molecular formula is C7H9F6NO. The van der Waals surface area contributed by atoms with Crippen LogP contribution in [-0.2, 0) is 4.79 Å². The molecule has 8 heteroatoms. The van der Waals surface area contributed by atoms with Gasteiger partial charge in [-0.1, -0.05) is 6.92 Å². The van der Waals surface area contributed by atoms with Crippen LogP contribution in [0.5, 0.6) is 0 Å². The van der Waals surface area contributed by atoms with Crippen molar-refractivity contribution in [3.63, 3.8) is 0 Å². The molecule has 0 saturated heterocycles. The van der Waals surface area contributed by atoms with Crippen LogP contribution in [0, 0.1) is 0 Å². The van der Waals surface area contributed by atoms with Crippen molar-refractivity contribution in [2.45, 2.75) is 25.7 Å². The van der Waals surface area contributed by atoms with Crippen molar-refractivity contribution in [2.24, 2.45) is 0 Å². The second kappa shape index (κ2) is 4.71. The number of amides is 1. The maximum Gasteiger partial charge on any atom is 0.471 e. The smallest absolute Gasteiger partial charge is 0.326 e. The number of carbonyl (C=O) groups is 1. The van der Waals surface area contributed by atoms with E-state index in [1.54, 1.807) is 0 Å². The lowest BCUT2D eigenvalue weighted by Gasteiger charge is -2.24. The summed E-state index contributed by atoms with van der Waals surface area (Å²) in [5.74, 6) is -2.46. The Balaban J connectivity index is 4.60. The first-order valence-corrected chi connectivity index (χ1v) is 4.00. The van der Waals surface area contributed by atoms with Crippen molar-refractivity contribution in [3.8, 4) is 0 Å². The monoisotopic (exact) mass is 237 g/mol. The van der Waals surface area contributed by atoms with Crippen molar-refractivity contribution in [2.75, 3.05) is 13.1 Å². The highest BCUT2D eigenvalue weighted by molar-refractivity contribution is 5.81. The van der Waals surface area contributed by atoms with Gasteiger partial charge in [-0.05, 0) is 6.42 Å². The third-order valence-corrected chi connectivity index (χ3v) is 1.39. The van der Waals surface area contributed by atoms with Crippen LogP contribution in [0.15, 0.2) is 0 Å². The maximum atomic E-state index is 11.8. The van der Waals surface area contributed by atoms with Gasteiger partial charge in [0.05, 0.1) is 0 Å². The molecule has 0 bridgehead atoms. The first kappa shape index (κ1) is 14.1. The third kappa shape index (κ3) is 5.48. The molecular weight excluding hydrogens is 228 g/mol. The van der Waals surface area contributed by atoms with Gasteiger partial charge in [0.2, 0.25) is 0 Å². The average Bonchev–Trinajstić information content (AvgIpc) is 1.98. The van der Waals surface area contributed by atoms with Crippen LogP contribution in [0.1, 0.15) is 13.3 Å². The molecule has 90 valence electrons. The average molecular weight is 237 g/mol. The standard InChI is InChI=1S/C7H9F6NO/c1-2-3-14(4-6(8,9)10)5(15)7(11,12)13/h2-4H2,1H3. The zero-order valence-electron chi connectivity index (χ0n) is 7.74. The Morgan fingerprint density at radius 1 is 1.13 bits per heavy atom. The fourth-order valence-electron chi connectivity index (χ4n) is 0.918. The van der Waals surface area contributed by atoms with E-state index < -0.39 is 31.3 Å². The molecule has 0 N–H and O–H groups in total. The molecule has 0 heterocycles. The number of alkyl halides is 6. The van der Waals surface area contributed by atoms with Crippen LogP contribution < -0.4 is 0 Å². The molecule has 15 heavy (non-hydrogen) atoms. The molecule has 0 aromatic rings. The number of halogens is 6. The van der Waals surface area contributed by atoms with Gasteiger partial charge in [-0.15, -0.1) is 0 Å². The van der Waals surface area contributed by atoms with Gasteiger partial charge in [0.25, 0.3) is 0 Å². The SMILES string of the molecule is CCCN(CC(F)(F)F)C(=O)C(F)(F)F. The van der Waals surface area contributed by atoms with Crippen LogP contribution in [0.3, 0.4) is 0 Å². The zero-order chi connectivity index (χ0) is 12.3. The van der Waals surface area contributed by atoms with E-state index in [4.69, 9.17) is 0 Å². The summed E-state index contributed by atoms with van der Waals surface area (Å²) in [7, 11) is 0. The van der Waals surface area contributed by atoms with E-state index in [0.29, 0.717) is 0 Å². The first-order valence-electron chi connectivity index (χ1n) is 4.00. The lowest BCUT2D eigenvalue weighted by molar-refractivity contribution is -0.198. The summed E-state index contributed by atoms with van der Waals surface area (Å²) >= 11 is 0. The number of nitrogens with zero attached hydrogens (tertiary/aromatic N) is 1. The van der Waals surface area contributed by atoms with Crippen LogP contribution in [0.4, 0.5) is 26.3 Å². The molecule has 0 radical (unpaired) electrons. The van der Waals surface area contributed by atoms with Gasteiger partial charge in [0.15, 0.2) is 0 Å². The van der Waals surface area contributed by atoms with Gasteiger partial charge in [-0.3, -0.25) is 4.79 Å². The van der Waals surface area contributed by atoms with Crippen LogP contribution >= 0.6 is 0 Å². The molecule has 0 saturated carbocycles. The molecule has 0 aromatic heterocycles. The third-order valence-electron chi connectivity index (χ3n) is 1.39. The van der Waals surface area contributed by atoms with E-state index >= 15 is 0 Å². The highest BCUT2D eigenvalue weighted by Gasteiger charge is 2.45. The Labute approximate surface area is 81.8 Å². The molecule has 0 spiro atoms. The molecule has 0 aromatic carbocycles. The van der Waals surface area contributed by atoms with Gasteiger partial charge in [-0.25, -0.2) is 0 Å². The summed E-state index contributed by atoms with van der Waals surface area (Å²) in [5, 5.41) is 0. The largest absolute Gasteiger partial charge is 0.471 e. The van der Waals surface area contributed by atoms with Crippen LogP contribution in [0.25, 0.3) is 0 Å². The minimum absolute atomic E-state index is 0.0257.